The summed E-state index contributed by atoms with van der Waals surface area (Å²) in [7, 11) is 0. The van der Waals surface area contributed by atoms with Crippen molar-refractivity contribution in [2.45, 2.75) is 23.2 Å². The second-order valence-electron chi connectivity index (χ2n) is 6.12. The van der Waals surface area contributed by atoms with Crippen LogP contribution in [0.5, 0.6) is 0 Å². The summed E-state index contributed by atoms with van der Waals surface area (Å²) in [6.45, 7) is 1.71. The van der Waals surface area contributed by atoms with Crippen LogP contribution in [0.15, 0.2) is 59.5 Å². The lowest BCUT2D eigenvalue weighted by Crippen LogP contribution is -2.45. The Morgan fingerprint density at radius 3 is 2.54 bits per heavy atom. The van der Waals surface area contributed by atoms with Gasteiger partial charge in [0.25, 0.3) is 0 Å². The predicted octanol–water partition coefficient (Wildman–Crippen LogP) is 3.03. The van der Waals surface area contributed by atoms with Gasteiger partial charge >= 0.3 is 5.97 Å². The molecule has 124 valence electrons. The highest BCUT2D eigenvalue weighted by Crippen LogP contribution is 2.39. The first-order chi connectivity index (χ1) is 11.5. The minimum absolute atomic E-state index is 0.0640. The highest BCUT2D eigenvalue weighted by Gasteiger charge is 2.37. The second kappa shape index (κ2) is 6.69. The molecule has 2 unspecified atom stereocenters. The van der Waals surface area contributed by atoms with E-state index >= 15 is 0 Å². The predicted molar refractivity (Wildman–Crippen MR) is 94.3 cm³/mol. The third-order valence-corrected chi connectivity index (χ3v) is 5.70. The van der Waals surface area contributed by atoms with Gasteiger partial charge in [-0.1, -0.05) is 48.5 Å². The van der Waals surface area contributed by atoms with Gasteiger partial charge < -0.3 is 10.4 Å². The number of carbonyl (C=O) groups excluding carboxylic acids is 1. The Morgan fingerprint density at radius 1 is 1.17 bits per heavy atom. The third kappa shape index (κ3) is 3.04. The molecule has 1 aliphatic heterocycles. The summed E-state index contributed by atoms with van der Waals surface area (Å²) in [6.07, 6.45) is 0. The molecule has 0 aliphatic carbocycles. The molecule has 2 aromatic carbocycles. The standard InChI is InChI=1S/C19H19NO3S/c1-19(18(22)23,13-7-3-2-4-8-13)12-20-17(21)15-11-24-16-10-6-5-9-14(15)16/h2-10,15H,11-12H2,1H3,(H,20,21)(H,22,23). The maximum absolute atomic E-state index is 12.6. The van der Waals surface area contributed by atoms with Crippen molar-refractivity contribution in [2.24, 2.45) is 0 Å². The van der Waals surface area contributed by atoms with Gasteiger partial charge in [0, 0.05) is 17.2 Å². The number of amides is 1. The van der Waals surface area contributed by atoms with Crippen LogP contribution >= 0.6 is 11.8 Å². The van der Waals surface area contributed by atoms with Gasteiger partial charge in [0.2, 0.25) is 5.91 Å². The summed E-state index contributed by atoms with van der Waals surface area (Å²) < 4.78 is 0. The first-order valence-corrected chi connectivity index (χ1v) is 8.79. The SMILES string of the molecule is CC(CNC(=O)C1CSc2ccccc21)(C(=O)O)c1ccccc1. The van der Waals surface area contributed by atoms with Crippen molar-refractivity contribution in [3.05, 3.63) is 65.7 Å². The Labute approximate surface area is 145 Å². The number of carboxylic acids is 1. The van der Waals surface area contributed by atoms with E-state index in [9.17, 15) is 14.7 Å². The molecule has 5 heteroatoms. The molecule has 4 nitrogen and oxygen atoms in total. The number of aliphatic carboxylic acids is 1. The van der Waals surface area contributed by atoms with Crippen LogP contribution in [-0.2, 0) is 15.0 Å². The molecule has 24 heavy (non-hydrogen) atoms. The van der Waals surface area contributed by atoms with Crippen LogP contribution in [0.4, 0.5) is 0 Å². The van der Waals surface area contributed by atoms with E-state index in [1.165, 1.54) is 0 Å². The molecular formula is C19H19NO3S. The second-order valence-corrected chi connectivity index (χ2v) is 7.18. The molecule has 2 aromatic rings. The number of carboxylic acid groups (broad SMARTS) is 1. The zero-order valence-electron chi connectivity index (χ0n) is 13.4. The largest absolute Gasteiger partial charge is 0.481 e. The number of hydrogen-bond acceptors (Lipinski definition) is 3. The minimum Gasteiger partial charge on any atom is -0.481 e. The fourth-order valence-corrected chi connectivity index (χ4v) is 4.10. The van der Waals surface area contributed by atoms with E-state index in [2.05, 4.69) is 5.32 Å². The van der Waals surface area contributed by atoms with Gasteiger partial charge in [0.1, 0.15) is 5.41 Å². The van der Waals surface area contributed by atoms with E-state index in [4.69, 9.17) is 0 Å². The van der Waals surface area contributed by atoms with E-state index < -0.39 is 11.4 Å². The molecule has 0 spiro atoms. The number of fused-ring (bicyclic) bond motifs is 1. The fourth-order valence-electron chi connectivity index (χ4n) is 2.87. The monoisotopic (exact) mass is 341 g/mol. The maximum atomic E-state index is 12.6. The molecule has 1 amide bonds. The number of hydrogen-bond donors (Lipinski definition) is 2. The van der Waals surface area contributed by atoms with E-state index in [0.29, 0.717) is 11.3 Å². The van der Waals surface area contributed by atoms with Crippen LogP contribution in [0.2, 0.25) is 0 Å². The summed E-state index contributed by atoms with van der Waals surface area (Å²) in [5.74, 6) is -0.591. The van der Waals surface area contributed by atoms with E-state index in [0.717, 1.165) is 10.5 Å². The van der Waals surface area contributed by atoms with Crippen LogP contribution in [0, 0.1) is 0 Å². The van der Waals surface area contributed by atoms with Crippen LogP contribution in [0.3, 0.4) is 0 Å². The number of benzene rings is 2. The van der Waals surface area contributed by atoms with E-state index in [1.807, 2.05) is 42.5 Å². The lowest BCUT2D eigenvalue weighted by Gasteiger charge is -2.26. The molecule has 1 aliphatic rings. The van der Waals surface area contributed by atoms with Crippen molar-refractivity contribution in [1.82, 2.24) is 5.32 Å². The topological polar surface area (TPSA) is 66.4 Å². The zero-order valence-corrected chi connectivity index (χ0v) is 14.2. The maximum Gasteiger partial charge on any atom is 0.315 e. The molecule has 3 rings (SSSR count). The summed E-state index contributed by atoms with van der Waals surface area (Å²) in [5, 5.41) is 12.5. The summed E-state index contributed by atoms with van der Waals surface area (Å²) >= 11 is 1.66. The lowest BCUT2D eigenvalue weighted by atomic mass is 9.82. The van der Waals surface area contributed by atoms with E-state index in [1.54, 1.807) is 30.8 Å². The van der Waals surface area contributed by atoms with Gasteiger partial charge in [-0.25, -0.2) is 0 Å². The lowest BCUT2D eigenvalue weighted by molar-refractivity contribution is -0.143. The first-order valence-electron chi connectivity index (χ1n) is 7.81. The molecule has 0 saturated heterocycles. The van der Waals surface area contributed by atoms with Crippen LogP contribution in [0.25, 0.3) is 0 Å². The fraction of sp³-hybridized carbons (Fsp3) is 0.263. The number of carbonyl (C=O) groups is 2. The molecule has 2 N–H and O–H groups in total. The quantitative estimate of drug-likeness (QED) is 0.877. The Balaban J connectivity index is 1.74. The van der Waals surface area contributed by atoms with Crippen molar-refractivity contribution in [3.63, 3.8) is 0 Å². The Morgan fingerprint density at radius 2 is 1.83 bits per heavy atom. The van der Waals surface area contributed by atoms with E-state index in [-0.39, 0.29) is 18.4 Å². The van der Waals surface area contributed by atoms with Crippen molar-refractivity contribution in [3.8, 4) is 0 Å². The Bertz CT molecular complexity index is 762. The summed E-state index contributed by atoms with van der Waals surface area (Å²) in [6, 6.07) is 16.9. The normalized spacial score (nSPS) is 18.5. The average molecular weight is 341 g/mol. The molecule has 1 heterocycles. The minimum atomic E-state index is -1.15. The summed E-state index contributed by atoms with van der Waals surface area (Å²) in [5.41, 5.74) is 0.554. The Hall–Kier alpha value is -2.27. The molecule has 0 fully saturated rings. The van der Waals surface area contributed by atoms with Gasteiger partial charge in [-0.2, -0.15) is 0 Å². The summed E-state index contributed by atoms with van der Waals surface area (Å²) in [4.78, 5) is 25.5. The van der Waals surface area contributed by atoms with Gasteiger partial charge in [0.05, 0.1) is 5.92 Å². The van der Waals surface area contributed by atoms with Crippen LogP contribution < -0.4 is 5.32 Å². The van der Waals surface area contributed by atoms with Crippen LogP contribution in [-0.4, -0.2) is 29.3 Å². The van der Waals surface area contributed by atoms with Crippen molar-refractivity contribution < 1.29 is 14.7 Å². The molecule has 0 bridgehead atoms. The smallest absolute Gasteiger partial charge is 0.315 e. The highest BCUT2D eigenvalue weighted by atomic mass is 32.2. The number of nitrogens with one attached hydrogen (secondary N) is 1. The third-order valence-electron chi connectivity index (χ3n) is 4.52. The molecule has 0 saturated carbocycles. The molecular weight excluding hydrogens is 322 g/mol. The Kier molecular flexibility index (Phi) is 4.62. The van der Waals surface area contributed by atoms with Gasteiger partial charge in [-0.05, 0) is 24.1 Å². The van der Waals surface area contributed by atoms with Crippen LogP contribution in [0.1, 0.15) is 24.0 Å². The van der Waals surface area contributed by atoms with Crippen molar-refractivity contribution >= 4 is 23.6 Å². The number of rotatable bonds is 5. The molecule has 2 atom stereocenters. The average Bonchev–Trinajstić information content (AvgIpc) is 3.04. The van der Waals surface area contributed by atoms with Gasteiger partial charge in [-0.3, -0.25) is 9.59 Å². The highest BCUT2D eigenvalue weighted by molar-refractivity contribution is 7.99. The van der Waals surface area contributed by atoms with Gasteiger partial charge in [-0.15, -0.1) is 11.8 Å². The molecule has 0 radical (unpaired) electrons. The molecule has 0 aromatic heterocycles. The van der Waals surface area contributed by atoms with Crippen molar-refractivity contribution in [2.75, 3.05) is 12.3 Å². The van der Waals surface area contributed by atoms with Gasteiger partial charge in [0.15, 0.2) is 0 Å². The first kappa shape index (κ1) is 16.6. The zero-order chi connectivity index (χ0) is 17.2. The van der Waals surface area contributed by atoms with Crippen molar-refractivity contribution in [1.29, 1.82) is 0 Å². The number of thioether (sulfide) groups is 1.